The average Bonchev–Trinajstić information content (AvgIpc) is 3.28. The van der Waals surface area contributed by atoms with Crippen LogP contribution in [-0.4, -0.2) is 185 Å². The third-order valence-electron chi connectivity index (χ3n) is 10.8. The fourth-order valence-electron chi connectivity index (χ4n) is 7.15. The molecule has 2 aromatic carbocycles. The van der Waals surface area contributed by atoms with Gasteiger partial charge in [0.2, 0.25) is 12.9 Å². The number of esters is 1. The van der Waals surface area contributed by atoms with Crippen molar-refractivity contribution in [3.8, 4) is 57.1 Å². The molecule has 0 saturated carbocycles. The Balaban J connectivity index is 1.12. The Hall–Kier alpha value is -5.64. The van der Waals surface area contributed by atoms with Gasteiger partial charge in [-0.1, -0.05) is 6.07 Å². The molecule has 0 radical (unpaired) electrons. The van der Waals surface area contributed by atoms with E-state index in [9.17, 15) is 70.9 Å². The average molecular weight is 920 g/mol. The molecule has 14 atom stereocenters. The number of fused-ring (bicyclic) bond motifs is 1. The summed E-state index contributed by atoms with van der Waals surface area (Å²) in [5.74, 6) is -3.00. The van der Waals surface area contributed by atoms with Crippen LogP contribution in [0, 0.1) is 0 Å². The van der Waals surface area contributed by atoms with E-state index in [0.29, 0.717) is 5.56 Å². The lowest BCUT2D eigenvalue weighted by Gasteiger charge is -2.45. The predicted molar refractivity (Wildman–Crippen MR) is 215 cm³/mol. The molecule has 4 aliphatic heterocycles. The molecule has 0 bridgehead atoms. The van der Waals surface area contributed by atoms with Gasteiger partial charge in [0.15, 0.2) is 58.6 Å². The molecule has 23 heteroatoms. The Morgan fingerprint density at radius 3 is 2.14 bits per heavy atom. The lowest BCUT2D eigenvalue weighted by molar-refractivity contribution is -0.353. The second kappa shape index (κ2) is 19.8. The van der Waals surface area contributed by atoms with Gasteiger partial charge in [0.05, 0.1) is 32.0 Å². The number of carbonyl (C=O) groups excluding carboxylic acids is 1. The molecule has 1 aliphatic carbocycles. The summed E-state index contributed by atoms with van der Waals surface area (Å²) in [5, 5.41) is 127. The number of benzene rings is 3. The van der Waals surface area contributed by atoms with Crippen molar-refractivity contribution in [3.63, 3.8) is 0 Å². The molecule has 2 aromatic rings. The Morgan fingerprint density at radius 2 is 1.40 bits per heavy atom. The molecule has 7 rings (SSSR count). The highest BCUT2D eigenvalue weighted by Gasteiger charge is 2.52. The number of hydrogen-bond acceptors (Lipinski definition) is 22. The normalized spacial score (nSPS) is 31.8. The largest absolute Gasteiger partial charge is 0.510 e. The van der Waals surface area contributed by atoms with E-state index in [0.717, 1.165) is 30.3 Å². The number of aromatic hydroxyl groups is 4. The number of hydrogen-bond donors (Lipinski definition) is 12. The monoisotopic (exact) mass is 919 g/mol. The first kappa shape index (κ1) is 47.3. The van der Waals surface area contributed by atoms with Crippen LogP contribution < -0.4 is 14.9 Å². The van der Waals surface area contributed by atoms with Crippen molar-refractivity contribution >= 4 is 12.0 Å². The van der Waals surface area contributed by atoms with E-state index in [1.165, 1.54) is 43.5 Å². The van der Waals surface area contributed by atoms with E-state index < -0.39 is 134 Å². The van der Waals surface area contributed by atoms with Gasteiger partial charge in [0, 0.05) is 17.7 Å². The minimum atomic E-state index is -2.03. The van der Waals surface area contributed by atoms with Gasteiger partial charge in [-0.15, -0.1) is 0 Å². The molecule has 5 aliphatic rings. The third kappa shape index (κ3) is 10.3. The summed E-state index contributed by atoms with van der Waals surface area (Å²) in [6.07, 6.45) is -22.6. The fraction of sp³-hybridized carbons (Fsp3) is 0.429. The van der Waals surface area contributed by atoms with Gasteiger partial charge in [0.1, 0.15) is 72.5 Å². The maximum absolute atomic E-state index is 12.3. The van der Waals surface area contributed by atoms with Crippen molar-refractivity contribution in [1.29, 1.82) is 0 Å². The van der Waals surface area contributed by atoms with Crippen molar-refractivity contribution in [2.24, 2.45) is 0 Å². The van der Waals surface area contributed by atoms with Crippen molar-refractivity contribution in [1.82, 2.24) is 0 Å². The molecule has 0 aromatic heterocycles. The molecule has 4 heterocycles. The van der Waals surface area contributed by atoms with Crippen molar-refractivity contribution in [3.05, 3.63) is 76.5 Å². The van der Waals surface area contributed by atoms with Gasteiger partial charge in [-0.3, -0.25) is 4.79 Å². The standard InChI is InChI=1S/C42H46O23/c1-57-26-8-16(2-5-21(26)45)3-7-30(49)58-14-28-32(51)34(53)37(56)40(63-28)60-15-29-33(52)35(54)39(65-41-36(55)31(50)24(48)13-59-41)42(64-29)62-27-12-19-22(46)10-18(43)11-25(19)61-38(27)17-4-6-20(44)23(47)9-17/h2-12,24,28-29,31-37,39-42,44-48,50-56H,13-15H2,1H3/p+1. The highest BCUT2D eigenvalue weighted by molar-refractivity contribution is 5.88. The minimum Gasteiger partial charge on any atom is -0.507 e. The van der Waals surface area contributed by atoms with Gasteiger partial charge in [0.25, 0.3) is 0 Å². The van der Waals surface area contributed by atoms with E-state index in [1.54, 1.807) is 0 Å². The van der Waals surface area contributed by atoms with Crippen LogP contribution in [0.1, 0.15) is 5.56 Å². The first-order valence-corrected chi connectivity index (χ1v) is 19.8. The van der Waals surface area contributed by atoms with Crippen LogP contribution in [-0.2, 0) is 28.4 Å². The van der Waals surface area contributed by atoms with Crippen LogP contribution in [0.25, 0.3) is 28.7 Å². The highest BCUT2D eigenvalue weighted by atomic mass is 16.8. The Morgan fingerprint density at radius 1 is 0.708 bits per heavy atom. The van der Waals surface area contributed by atoms with Crippen molar-refractivity contribution in [2.45, 2.75) is 86.0 Å². The quantitative estimate of drug-likeness (QED) is 0.0297. The van der Waals surface area contributed by atoms with E-state index in [1.807, 2.05) is 0 Å². The molecule has 3 fully saturated rings. The summed E-state index contributed by atoms with van der Waals surface area (Å²) >= 11 is 0. The number of ether oxygens (including phenoxy) is 8. The van der Waals surface area contributed by atoms with E-state index >= 15 is 0 Å². The van der Waals surface area contributed by atoms with Crippen LogP contribution in [0.2, 0.25) is 0 Å². The molecular weight excluding hydrogens is 872 g/mol. The maximum atomic E-state index is 12.3. The topological polar surface area (TPSA) is 368 Å². The van der Waals surface area contributed by atoms with Crippen molar-refractivity contribution in [2.75, 3.05) is 26.9 Å². The zero-order valence-electron chi connectivity index (χ0n) is 34.0. The zero-order valence-corrected chi connectivity index (χ0v) is 34.0. The predicted octanol–water partition coefficient (Wildman–Crippen LogP) is -2.05. The minimum absolute atomic E-state index is 0.0348. The number of methoxy groups -OCH3 is 1. The number of aliphatic hydroxyl groups excluding tert-OH is 8. The van der Waals surface area contributed by atoms with Crippen LogP contribution in [0.4, 0.5) is 0 Å². The van der Waals surface area contributed by atoms with E-state index in [-0.39, 0.29) is 39.9 Å². The summed E-state index contributed by atoms with van der Waals surface area (Å²) in [5.41, 5.74) is -0.182. The SMILES string of the molecule is COc1cc(C=CC(=[OH+])OCC2OC(OCC3OC(Oc4cc5c(O)cc(=O)cc-5oc4-c4ccc(O)c(O)c4)C(OC4OCC(O)C(O)C4O)C(O)C3O)C(O)C(O)C2O)ccc1O. The number of phenols is 4. The van der Waals surface area contributed by atoms with Crippen LogP contribution in [0.3, 0.4) is 0 Å². The molecule has 352 valence electrons. The Bertz CT molecular complexity index is 2350. The van der Waals surface area contributed by atoms with Gasteiger partial charge in [-0.05, 0) is 48.0 Å². The Labute approximate surface area is 366 Å². The highest BCUT2D eigenvalue weighted by Crippen LogP contribution is 2.43. The van der Waals surface area contributed by atoms with E-state index in [2.05, 4.69) is 0 Å². The smallest absolute Gasteiger partial charge is 0.507 e. The molecule has 3 saturated heterocycles. The third-order valence-corrected chi connectivity index (χ3v) is 10.8. The molecule has 65 heavy (non-hydrogen) atoms. The van der Waals surface area contributed by atoms with Crippen molar-refractivity contribution < 1.29 is 108 Å². The fourth-order valence-corrected chi connectivity index (χ4v) is 7.15. The first-order chi connectivity index (χ1) is 30.9. The maximum Gasteiger partial charge on any atom is 0.510 e. The molecule has 14 unspecified atom stereocenters. The summed E-state index contributed by atoms with van der Waals surface area (Å²) in [4.78, 5) is 22.6. The number of phenolic OH excluding ortho intramolecular Hbond substituents is 4. The van der Waals surface area contributed by atoms with E-state index in [4.69, 9.17) is 42.3 Å². The number of rotatable bonds is 13. The van der Waals surface area contributed by atoms with Gasteiger partial charge < -0.3 is 108 Å². The lowest BCUT2D eigenvalue weighted by Crippen LogP contribution is -2.64. The first-order valence-electron chi connectivity index (χ1n) is 19.8. The number of aliphatic hydroxyl groups is 8. The molecular formula is C42H47O23+. The van der Waals surface area contributed by atoms with Crippen LogP contribution in [0.5, 0.6) is 34.5 Å². The second-order valence-electron chi connectivity index (χ2n) is 15.3. The molecule has 13 N–H and O–H groups in total. The van der Waals surface area contributed by atoms with Gasteiger partial charge >= 0.3 is 5.97 Å². The molecule has 23 nitrogen and oxygen atoms in total. The van der Waals surface area contributed by atoms with Crippen LogP contribution >= 0.6 is 0 Å². The van der Waals surface area contributed by atoms with Gasteiger partial charge in [-0.2, -0.15) is 0 Å². The lowest BCUT2D eigenvalue weighted by atomic mass is 9.97. The van der Waals surface area contributed by atoms with Gasteiger partial charge in [-0.25, -0.2) is 0 Å². The Kier molecular flexibility index (Phi) is 14.5. The second-order valence-corrected chi connectivity index (χ2v) is 15.3. The summed E-state index contributed by atoms with van der Waals surface area (Å²) < 4.78 is 51.1. The summed E-state index contributed by atoms with van der Waals surface area (Å²) in [7, 11) is 1.35. The zero-order chi connectivity index (χ0) is 46.9. The molecule has 0 amide bonds. The summed E-state index contributed by atoms with van der Waals surface area (Å²) in [6, 6.07) is 11.0. The summed E-state index contributed by atoms with van der Waals surface area (Å²) in [6.45, 7) is -1.89. The van der Waals surface area contributed by atoms with Crippen LogP contribution in [0.15, 0.2) is 69.9 Å². The molecule has 0 spiro atoms.